The number of hydrogen-bond acceptors (Lipinski definition) is 2. The first kappa shape index (κ1) is 7.55. The Bertz CT molecular complexity index is 421. The highest BCUT2D eigenvalue weighted by Gasteiger charge is 2.07. The summed E-state index contributed by atoms with van der Waals surface area (Å²) in [7, 11) is 0. The molecule has 12 heavy (non-hydrogen) atoms. The van der Waals surface area contributed by atoms with Crippen LogP contribution in [-0.4, -0.2) is 16.8 Å². The lowest BCUT2D eigenvalue weighted by Gasteiger charge is -2.01. The molecule has 0 amide bonds. The molecular formula is C8H7ClN2O. The number of carbonyl (C=O) groups is 1. The second kappa shape index (κ2) is 2.75. The Morgan fingerprint density at radius 2 is 2.58 bits per heavy atom. The van der Waals surface area contributed by atoms with E-state index in [0.29, 0.717) is 17.5 Å². The van der Waals surface area contributed by atoms with E-state index in [-0.39, 0.29) is 5.50 Å². The van der Waals surface area contributed by atoms with Crippen LogP contribution in [0.25, 0.3) is 6.08 Å². The molecule has 1 unspecified atom stereocenters. The van der Waals surface area contributed by atoms with Crippen molar-refractivity contribution in [3.63, 3.8) is 0 Å². The lowest BCUT2D eigenvalue weighted by molar-refractivity contribution is 0.112. The summed E-state index contributed by atoms with van der Waals surface area (Å²) in [5, 5.41) is 0.877. The van der Waals surface area contributed by atoms with Crippen molar-refractivity contribution in [1.82, 2.24) is 4.98 Å². The molecule has 2 rings (SSSR count). The Morgan fingerprint density at radius 3 is 3.33 bits per heavy atom. The second-order valence-corrected chi connectivity index (χ2v) is 3.13. The van der Waals surface area contributed by atoms with Gasteiger partial charge >= 0.3 is 0 Å². The molecule has 0 radical (unpaired) electrons. The van der Waals surface area contributed by atoms with Crippen molar-refractivity contribution in [2.24, 2.45) is 4.99 Å². The van der Waals surface area contributed by atoms with E-state index in [1.807, 2.05) is 6.08 Å². The van der Waals surface area contributed by atoms with Gasteiger partial charge in [-0.15, -0.1) is 0 Å². The fourth-order valence-corrected chi connectivity index (χ4v) is 1.45. The van der Waals surface area contributed by atoms with Crippen molar-refractivity contribution < 1.29 is 4.79 Å². The quantitative estimate of drug-likeness (QED) is 0.376. The predicted molar refractivity (Wildman–Crippen MR) is 45.7 cm³/mol. The Kier molecular flexibility index (Phi) is 1.73. The van der Waals surface area contributed by atoms with Crippen LogP contribution in [0.15, 0.2) is 11.2 Å². The summed E-state index contributed by atoms with van der Waals surface area (Å²) in [6.07, 6.45) is 5.08. The van der Waals surface area contributed by atoms with Crippen LogP contribution in [0.2, 0.25) is 0 Å². The number of aldehydes is 1. The van der Waals surface area contributed by atoms with E-state index in [4.69, 9.17) is 11.6 Å². The van der Waals surface area contributed by atoms with Gasteiger partial charge in [-0.3, -0.25) is 4.79 Å². The highest BCUT2D eigenvalue weighted by atomic mass is 35.5. The van der Waals surface area contributed by atoms with Gasteiger partial charge < -0.3 is 4.98 Å². The molecule has 3 nitrogen and oxygen atoms in total. The van der Waals surface area contributed by atoms with Gasteiger partial charge in [0.25, 0.3) is 0 Å². The maximum Gasteiger partial charge on any atom is 0.152 e. The first-order valence-corrected chi connectivity index (χ1v) is 4.09. The molecular weight excluding hydrogens is 176 g/mol. The maximum absolute atomic E-state index is 10.5. The molecule has 0 bridgehead atoms. The fraction of sp³-hybridized carbons (Fsp3) is 0.250. The van der Waals surface area contributed by atoms with Gasteiger partial charge in [-0.1, -0.05) is 17.7 Å². The second-order valence-electron chi connectivity index (χ2n) is 2.63. The monoisotopic (exact) mass is 182 g/mol. The number of alkyl halides is 1. The van der Waals surface area contributed by atoms with Gasteiger partial charge in [0.2, 0.25) is 0 Å². The number of hydrogen-bond donors (Lipinski definition) is 1. The summed E-state index contributed by atoms with van der Waals surface area (Å²) in [5.41, 5.74) is 1.16. The standard InChI is InChI=1S/C8H7ClN2O/c9-7-2-1-6-5(4-12)3-10-8(6)11-7/h1,3-4,7H,2H2,(H,10,11). The Labute approximate surface area is 73.8 Å². The van der Waals surface area contributed by atoms with Crippen LogP contribution in [0.5, 0.6) is 0 Å². The molecule has 62 valence electrons. The Balaban J connectivity index is 2.73. The number of nitrogens with zero attached hydrogens (tertiary/aromatic N) is 1. The zero-order chi connectivity index (χ0) is 8.55. The van der Waals surface area contributed by atoms with Crippen LogP contribution in [0, 0.1) is 0 Å². The molecule has 0 saturated carbocycles. The molecule has 0 fully saturated rings. The van der Waals surface area contributed by atoms with E-state index in [2.05, 4.69) is 9.98 Å². The van der Waals surface area contributed by atoms with E-state index >= 15 is 0 Å². The average molecular weight is 183 g/mol. The van der Waals surface area contributed by atoms with Crippen molar-refractivity contribution >= 4 is 24.0 Å². The third-order valence-corrected chi connectivity index (χ3v) is 2.12. The third-order valence-electron chi connectivity index (χ3n) is 1.84. The van der Waals surface area contributed by atoms with Crippen molar-refractivity contribution in [2.45, 2.75) is 11.9 Å². The number of halogens is 1. The number of rotatable bonds is 1. The van der Waals surface area contributed by atoms with E-state index < -0.39 is 0 Å². The summed E-state index contributed by atoms with van der Waals surface area (Å²) in [4.78, 5) is 17.5. The fourth-order valence-electron chi connectivity index (χ4n) is 1.27. The minimum atomic E-state index is -0.198. The van der Waals surface area contributed by atoms with Gasteiger partial charge in [0.15, 0.2) is 6.29 Å². The molecule has 2 heterocycles. The summed E-state index contributed by atoms with van der Waals surface area (Å²) >= 11 is 5.79. The molecule has 0 aliphatic carbocycles. The number of nitrogens with one attached hydrogen (secondary N) is 1. The summed E-state index contributed by atoms with van der Waals surface area (Å²) in [5.74, 6) is 0. The molecule has 0 aromatic carbocycles. The van der Waals surface area contributed by atoms with Crippen molar-refractivity contribution in [3.05, 3.63) is 22.5 Å². The lowest BCUT2D eigenvalue weighted by atomic mass is 10.2. The molecule has 1 aromatic heterocycles. The Hall–Kier alpha value is -1.09. The van der Waals surface area contributed by atoms with Crippen molar-refractivity contribution in [2.75, 3.05) is 0 Å². The summed E-state index contributed by atoms with van der Waals surface area (Å²) in [6, 6.07) is 0. The van der Waals surface area contributed by atoms with E-state index in [1.165, 1.54) is 0 Å². The number of fused-ring (bicyclic) bond motifs is 1. The lowest BCUT2D eigenvalue weighted by Crippen LogP contribution is -2.30. The van der Waals surface area contributed by atoms with Crippen LogP contribution in [0.1, 0.15) is 16.8 Å². The van der Waals surface area contributed by atoms with Gasteiger partial charge in [-0.2, -0.15) is 0 Å². The van der Waals surface area contributed by atoms with Crippen LogP contribution < -0.4 is 10.7 Å². The van der Waals surface area contributed by atoms with E-state index in [0.717, 1.165) is 11.5 Å². The largest absolute Gasteiger partial charge is 0.346 e. The number of aromatic nitrogens is 1. The van der Waals surface area contributed by atoms with Gasteiger partial charge in [-0.05, 0) is 0 Å². The molecule has 1 aliphatic rings. The number of carbonyl (C=O) groups excluding carboxylic acids is 1. The van der Waals surface area contributed by atoms with Crippen LogP contribution in [0.3, 0.4) is 0 Å². The molecule has 1 aromatic rings. The highest BCUT2D eigenvalue weighted by molar-refractivity contribution is 6.20. The predicted octanol–water partition coefficient (Wildman–Crippen LogP) is 0.196. The van der Waals surface area contributed by atoms with E-state index in [9.17, 15) is 4.79 Å². The third kappa shape index (κ3) is 1.06. The minimum absolute atomic E-state index is 0.198. The van der Waals surface area contributed by atoms with Gasteiger partial charge in [0.1, 0.15) is 11.0 Å². The topological polar surface area (TPSA) is 45.2 Å². The molecule has 0 spiro atoms. The Morgan fingerprint density at radius 1 is 1.75 bits per heavy atom. The van der Waals surface area contributed by atoms with Crippen LogP contribution >= 0.6 is 11.6 Å². The molecule has 1 atom stereocenters. The van der Waals surface area contributed by atoms with Gasteiger partial charge in [0.05, 0.1) is 0 Å². The molecule has 1 aliphatic heterocycles. The summed E-state index contributed by atoms with van der Waals surface area (Å²) < 4.78 is 0. The van der Waals surface area contributed by atoms with Crippen molar-refractivity contribution in [1.29, 1.82) is 0 Å². The van der Waals surface area contributed by atoms with Crippen LogP contribution in [-0.2, 0) is 0 Å². The molecule has 1 N–H and O–H groups in total. The highest BCUT2D eigenvalue weighted by Crippen LogP contribution is 2.04. The molecule has 0 saturated heterocycles. The first-order valence-electron chi connectivity index (χ1n) is 3.66. The maximum atomic E-state index is 10.5. The van der Waals surface area contributed by atoms with Gasteiger partial charge in [0, 0.05) is 23.4 Å². The SMILES string of the molecule is O=Cc1c[nH]c2c1=CCC(Cl)N=2. The smallest absolute Gasteiger partial charge is 0.152 e. The zero-order valence-electron chi connectivity index (χ0n) is 6.25. The normalized spacial score (nSPS) is 20.6. The zero-order valence-corrected chi connectivity index (χ0v) is 7.01. The van der Waals surface area contributed by atoms with E-state index in [1.54, 1.807) is 6.20 Å². The number of H-pyrrole nitrogens is 1. The molecule has 4 heteroatoms. The van der Waals surface area contributed by atoms with Crippen molar-refractivity contribution in [3.8, 4) is 0 Å². The van der Waals surface area contributed by atoms with Crippen LogP contribution in [0.4, 0.5) is 0 Å². The van der Waals surface area contributed by atoms with Gasteiger partial charge in [-0.25, -0.2) is 4.99 Å². The minimum Gasteiger partial charge on any atom is -0.346 e. The summed E-state index contributed by atoms with van der Waals surface area (Å²) in [6.45, 7) is 0. The first-order chi connectivity index (χ1) is 5.81. The average Bonchev–Trinajstić information content (AvgIpc) is 2.46. The number of aromatic amines is 1.